The van der Waals surface area contributed by atoms with Gasteiger partial charge in [0, 0.05) is 38.2 Å². The summed E-state index contributed by atoms with van der Waals surface area (Å²) >= 11 is 0. The molecule has 0 aromatic heterocycles. The lowest BCUT2D eigenvalue weighted by Crippen LogP contribution is -2.36. The van der Waals surface area contributed by atoms with E-state index in [-0.39, 0.29) is 11.8 Å². The van der Waals surface area contributed by atoms with Crippen LogP contribution in [0.2, 0.25) is 0 Å². The first-order valence-electron chi connectivity index (χ1n) is 7.77. The monoisotopic (exact) mass is 286 g/mol. The number of amides is 2. The minimum Gasteiger partial charge on any atom is -0.341 e. The third kappa shape index (κ3) is 3.43. The molecular formula is C17H22N2O2. The van der Waals surface area contributed by atoms with E-state index in [0.29, 0.717) is 32.0 Å². The summed E-state index contributed by atoms with van der Waals surface area (Å²) in [4.78, 5) is 28.4. The molecule has 1 aliphatic heterocycles. The fraction of sp³-hybridized carbons (Fsp3) is 0.529. The summed E-state index contributed by atoms with van der Waals surface area (Å²) in [5.74, 6) is 0.939. The van der Waals surface area contributed by atoms with Crippen LogP contribution in [0.1, 0.15) is 35.2 Å². The quantitative estimate of drug-likeness (QED) is 0.853. The van der Waals surface area contributed by atoms with Gasteiger partial charge in [-0.25, -0.2) is 0 Å². The highest BCUT2D eigenvalue weighted by molar-refractivity contribution is 5.94. The van der Waals surface area contributed by atoms with Crippen LogP contribution in [0.4, 0.5) is 0 Å². The summed E-state index contributed by atoms with van der Waals surface area (Å²) < 4.78 is 0. The Hall–Kier alpha value is -1.84. The first-order valence-corrected chi connectivity index (χ1v) is 7.77. The molecule has 0 bridgehead atoms. The van der Waals surface area contributed by atoms with Crippen LogP contribution in [0.25, 0.3) is 0 Å². The van der Waals surface area contributed by atoms with Crippen molar-refractivity contribution in [1.29, 1.82) is 0 Å². The van der Waals surface area contributed by atoms with Crippen LogP contribution in [-0.4, -0.2) is 47.8 Å². The van der Waals surface area contributed by atoms with Crippen molar-refractivity contribution in [2.24, 2.45) is 5.92 Å². The lowest BCUT2D eigenvalue weighted by molar-refractivity contribution is -0.130. The molecule has 0 atom stereocenters. The molecule has 1 aliphatic carbocycles. The molecule has 2 aliphatic rings. The van der Waals surface area contributed by atoms with Crippen LogP contribution in [-0.2, 0) is 4.79 Å². The van der Waals surface area contributed by atoms with Gasteiger partial charge >= 0.3 is 0 Å². The number of hydrogen-bond donors (Lipinski definition) is 0. The molecule has 0 unspecified atom stereocenters. The summed E-state index contributed by atoms with van der Waals surface area (Å²) in [7, 11) is 0. The SMILES string of the molecule is Cc1cccc(C(=O)N2CCC(=O)N(CC3CC3)CC2)c1. The molecule has 4 nitrogen and oxygen atoms in total. The van der Waals surface area contributed by atoms with Gasteiger partial charge in [0.25, 0.3) is 5.91 Å². The highest BCUT2D eigenvalue weighted by atomic mass is 16.2. The van der Waals surface area contributed by atoms with Crippen molar-refractivity contribution >= 4 is 11.8 Å². The van der Waals surface area contributed by atoms with E-state index >= 15 is 0 Å². The molecule has 2 amide bonds. The minimum absolute atomic E-state index is 0.0415. The maximum Gasteiger partial charge on any atom is 0.253 e. The van der Waals surface area contributed by atoms with Gasteiger partial charge < -0.3 is 9.80 Å². The van der Waals surface area contributed by atoms with Crippen molar-refractivity contribution in [3.63, 3.8) is 0 Å². The Kier molecular flexibility index (Phi) is 3.95. The molecule has 0 radical (unpaired) electrons. The van der Waals surface area contributed by atoms with E-state index in [0.717, 1.165) is 17.7 Å². The zero-order valence-corrected chi connectivity index (χ0v) is 12.5. The van der Waals surface area contributed by atoms with E-state index in [1.165, 1.54) is 12.8 Å². The molecule has 112 valence electrons. The molecule has 3 rings (SSSR count). The van der Waals surface area contributed by atoms with Crippen LogP contribution < -0.4 is 0 Å². The third-order valence-electron chi connectivity index (χ3n) is 4.32. The molecule has 1 aromatic carbocycles. The largest absolute Gasteiger partial charge is 0.341 e. The summed E-state index contributed by atoms with van der Waals surface area (Å²) in [5.41, 5.74) is 1.81. The second-order valence-electron chi connectivity index (χ2n) is 6.19. The van der Waals surface area contributed by atoms with Gasteiger partial charge in [-0.05, 0) is 37.8 Å². The normalized spacial score (nSPS) is 19.6. The van der Waals surface area contributed by atoms with E-state index < -0.39 is 0 Å². The van der Waals surface area contributed by atoms with Gasteiger partial charge in [0.2, 0.25) is 5.91 Å². The highest BCUT2D eigenvalue weighted by Gasteiger charge is 2.29. The molecule has 4 heteroatoms. The van der Waals surface area contributed by atoms with Gasteiger partial charge in [-0.15, -0.1) is 0 Å². The molecular weight excluding hydrogens is 264 g/mol. The number of carbonyl (C=O) groups excluding carboxylic acids is 2. The maximum absolute atomic E-state index is 12.5. The Morgan fingerprint density at radius 2 is 2.05 bits per heavy atom. The minimum atomic E-state index is 0.0415. The average Bonchev–Trinajstić information content (AvgIpc) is 3.29. The number of carbonyl (C=O) groups is 2. The van der Waals surface area contributed by atoms with E-state index in [9.17, 15) is 9.59 Å². The number of nitrogens with zero attached hydrogens (tertiary/aromatic N) is 2. The fourth-order valence-electron chi connectivity index (χ4n) is 2.84. The van der Waals surface area contributed by atoms with Gasteiger partial charge in [-0.2, -0.15) is 0 Å². The van der Waals surface area contributed by atoms with Crippen LogP contribution in [0.3, 0.4) is 0 Å². The Morgan fingerprint density at radius 1 is 1.24 bits per heavy atom. The van der Waals surface area contributed by atoms with Crippen molar-refractivity contribution in [3.8, 4) is 0 Å². The average molecular weight is 286 g/mol. The summed E-state index contributed by atoms with van der Waals surface area (Å²) in [6.45, 7) is 4.72. The van der Waals surface area contributed by atoms with Gasteiger partial charge in [0.1, 0.15) is 0 Å². The molecule has 1 saturated carbocycles. The Morgan fingerprint density at radius 3 is 2.76 bits per heavy atom. The fourth-order valence-corrected chi connectivity index (χ4v) is 2.84. The highest BCUT2D eigenvalue weighted by Crippen LogP contribution is 2.30. The van der Waals surface area contributed by atoms with E-state index in [2.05, 4.69) is 0 Å². The van der Waals surface area contributed by atoms with Crippen molar-refractivity contribution < 1.29 is 9.59 Å². The predicted octanol–water partition coefficient (Wildman–Crippen LogP) is 2.08. The van der Waals surface area contributed by atoms with Gasteiger partial charge in [-0.3, -0.25) is 9.59 Å². The molecule has 1 saturated heterocycles. The first-order chi connectivity index (χ1) is 10.1. The van der Waals surface area contributed by atoms with Crippen LogP contribution in [0, 0.1) is 12.8 Å². The molecule has 0 N–H and O–H groups in total. The van der Waals surface area contributed by atoms with Crippen LogP contribution >= 0.6 is 0 Å². The van der Waals surface area contributed by atoms with Crippen molar-refractivity contribution in [2.45, 2.75) is 26.2 Å². The summed E-state index contributed by atoms with van der Waals surface area (Å²) in [5, 5.41) is 0. The predicted molar refractivity (Wildman–Crippen MR) is 81.0 cm³/mol. The van der Waals surface area contributed by atoms with E-state index in [4.69, 9.17) is 0 Å². The van der Waals surface area contributed by atoms with E-state index in [1.807, 2.05) is 41.0 Å². The smallest absolute Gasteiger partial charge is 0.253 e. The summed E-state index contributed by atoms with van der Waals surface area (Å²) in [6.07, 6.45) is 2.94. The summed E-state index contributed by atoms with van der Waals surface area (Å²) in [6, 6.07) is 7.66. The molecule has 21 heavy (non-hydrogen) atoms. The number of rotatable bonds is 3. The van der Waals surface area contributed by atoms with Crippen LogP contribution in [0.5, 0.6) is 0 Å². The molecule has 1 aromatic rings. The van der Waals surface area contributed by atoms with Crippen molar-refractivity contribution in [1.82, 2.24) is 9.80 Å². The Bertz CT molecular complexity index is 551. The Labute approximate surface area is 125 Å². The molecule has 0 spiro atoms. The van der Waals surface area contributed by atoms with Crippen LogP contribution in [0.15, 0.2) is 24.3 Å². The lowest BCUT2D eigenvalue weighted by Gasteiger charge is -2.22. The maximum atomic E-state index is 12.5. The van der Waals surface area contributed by atoms with Gasteiger partial charge in [0.15, 0.2) is 0 Å². The third-order valence-corrected chi connectivity index (χ3v) is 4.32. The number of benzene rings is 1. The van der Waals surface area contributed by atoms with E-state index in [1.54, 1.807) is 0 Å². The topological polar surface area (TPSA) is 40.6 Å². The number of aryl methyl sites for hydroxylation is 1. The number of hydrogen-bond acceptors (Lipinski definition) is 2. The first kappa shape index (κ1) is 14.1. The van der Waals surface area contributed by atoms with Crippen molar-refractivity contribution in [2.75, 3.05) is 26.2 Å². The molecule has 2 fully saturated rings. The van der Waals surface area contributed by atoms with Gasteiger partial charge in [0.05, 0.1) is 0 Å². The zero-order valence-electron chi connectivity index (χ0n) is 12.5. The second kappa shape index (κ2) is 5.88. The Balaban J connectivity index is 1.66. The molecule has 1 heterocycles. The van der Waals surface area contributed by atoms with Gasteiger partial charge in [-0.1, -0.05) is 17.7 Å². The zero-order chi connectivity index (χ0) is 14.8. The lowest BCUT2D eigenvalue weighted by atomic mass is 10.1. The standard InChI is InChI=1S/C17H22N2O2/c1-13-3-2-4-15(11-13)17(21)18-8-7-16(20)19(10-9-18)12-14-5-6-14/h2-4,11,14H,5-10,12H2,1H3. The second-order valence-corrected chi connectivity index (χ2v) is 6.19. The van der Waals surface area contributed by atoms with Crippen molar-refractivity contribution in [3.05, 3.63) is 35.4 Å².